The van der Waals surface area contributed by atoms with Crippen molar-refractivity contribution in [2.24, 2.45) is 0 Å². The Labute approximate surface area is 195 Å². The predicted octanol–water partition coefficient (Wildman–Crippen LogP) is 5.45. The largest absolute Gasteiger partial charge is 0.493 e. The van der Waals surface area contributed by atoms with E-state index in [1.807, 2.05) is 17.0 Å². The molecule has 1 amide bonds. The van der Waals surface area contributed by atoms with Crippen LogP contribution in [0, 0.1) is 0 Å². The van der Waals surface area contributed by atoms with E-state index in [-0.39, 0.29) is 12.5 Å². The van der Waals surface area contributed by atoms with Crippen LogP contribution in [0.5, 0.6) is 11.5 Å². The Morgan fingerprint density at radius 3 is 2.63 bits per heavy atom. The van der Waals surface area contributed by atoms with Crippen LogP contribution in [0.15, 0.2) is 34.8 Å². The van der Waals surface area contributed by atoms with E-state index in [9.17, 15) is 4.79 Å². The molecule has 0 spiro atoms. The van der Waals surface area contributed by atoms with Crippen LogP contribution in [0.3, 0.4) is 0 Å². The Hall–Kier alpha value is -1.47. The highest BCUT2D eigenvalue weighted by atomic mass is 79.9. The summed E-state index contributed by atoms with van der Waals surface area (Å²) in [7, 11) is 1.61. The maximum atomic E-state index is 11.6. The number of likely N-dealkylation sites (tertiary alicyclic amines) is 1. The monoisotopic (exact) mass is 514 g/mol. The van der Waals surface area contributed by atoms with E-state index in [0.29, 0.717) is 34.5 Å². The van der Waals surface area contributed by atoms with Gasteiger partial charge in [0, 0.05) is 46.1 Å². The number of ether oxygens (including phenoxy) is 2. The zero-order valence-electron chi connectivity index (χ0n) is 16.8. The lowest BCUT2D eigenvalue weighted by Crippen LogP contribution is -2.28. The Kier molecular flexibility index (Phi) is 8.69. The molecule has 30 heavy (non-hydrogen) atoms. The maximum Gasteiger partial charge on any atom is 0.222 e. The van der Waals surface area contributed by atoms with Gasteiger partial charge in [0.15, 0.2) is 11.5 Å². The van der Waals surface area contributed by atoms with Crippen molar-refractivity contribution in [1.82, 2.24) is 10.2 Å². The average Bonchev–Trinajstić information content (AvgIpc) is 3.13. The van der Waals surface area contributed by atoms with Crippen molar-refractivity contribution in [1.29, 1.82) is 0 Å². The number of hydrogen-bond acceptors (Lipinski definition) is 4. The molecule has 0 aromatic heterocycles. The molecule has 1 heterocycles. The van der Waals surface area contributed by atoms with Crippen molar-refractivity contribution < 1.29 is 14.3 Å². The van der Waals surface area contributed by atoms with E-state index >= 15 is 0 Å². The summed E-state index contributed by atoms with van der Waals surface area (Å²) in [5.74, 6) is 1.52. The molecule has 3 rings (SSSR count). The first-order valence-electron chi connectivity index (χ1n) is 9.90. The number of rotatable bonds is 10. The number of benzene rings is 2. The molecule has 0 saturated carbocycles. The summed E-state index contributed by atoms with van der Waals surface area (Å²) >= 11 is 16.1. The number of halogens is 3. The van der Waals surface area contributed by atoms with Gasteiger partial charge in [-0.25, -0.2) is 0 Å². The molecule has 0 unspecified atom stereocenters. The highest BCUT2D eigenvalue weighted by Gasteiger charge is 2.19. The fourth-order valence-corrected chi connectivity index (χ4v) is 4.33. The van der Waals surface area contributed by atoms with Gasteiger partial charge in [0.25, 0.3) is 0 Å². The fourth-order valence-electron chi connectivity index (χ4n) is 3.36. The highest BCUT2D eigenvalue weighted by molar-refractivity contribution is 9.10. The van der Waals surface area contributed by atoms with E-state index in [2.05, 4.69) is 21.2 Å². The van der Waals surface area contributed by atoms with E-state index in [1.165, 1.54) is 0 Å². The first-order chi connectivity index (χ1) is 14.5. The molecule has 8 heteroatoms. The third-order valence-corrected chi connectivity index (χ3v) is 6.48. The molecule has 1 aliphatic heterocycles. The van der Waals surface area contributed by atoms with Crippen LogP contribution in [0.1, 0.15) is 30.4 Å². The van der Waals surface area contributed by atoms with Crippen LogP contribution in [0.25, 0.3) is 0 Å². The number of carbonyl (C=O) groups is 1. The van der Waals surface area contributed by atoms with Gasteiger partial charge in [0.2, 0.25) is 5.91 Å². The van der Waals surface area contributed by atoms with Crippen LogP contribution < -0.4 is 14.8 Å². The zero-order chi connectivity index (χ0) is 21.5. The molecule has 0 atom stereocenters. The van der Waals surface area contributed by atoms with Gasteiger partial charge in [0.05, 0.1) is 7.11 Å². The SMILES string of the molecule is COc1cc(CNCCCN2CCCC2=O)c(Br)cc1OCc1c(Cl)cccc1Cl. The van der Waals surface area contributed by atoms with Gasteiger partial charge < -0.3 is 19.7 Å². The number of carbonyl (C=O) groups excluding carboxylic acids is 1. The lowest BCUT2D eigenvalue weighted by atomic mass is 10.2. The maximum absolute atomic E-state index is 11.6. The number of nitrogens with zero attached hydrogens (tertiary/aromatic N) is 1. The normalized spacial score (nSPS) is 13.7. The average molecular weight is 516 g/mol. The minimum absolute atomic E-state index is 0.244. The van der Waals surface area contributed by atoms with E-state index in [1.54, 1.807) is 25.3 Å². The number of amides is 1. The summed E-state index contributed by atoms with van der Waals surface area (Å²) in [5, 5.41) is 4.56. The lowest BCUT2D eigenvalue weighted by Gasteiger charge is -2.16. The van der Waals surface area contributed by atoms with Crippen LogP contribution in [0.4, 0.5) is 0 Å². The molecular formula is C22H25BrCl2N2O3. The van der Waals surface area contributed by atoms with Crippen molar-refractivity contribution >= 4 is 45.0 Å². The van der Waals surface area contributed by atoms with Crippen molar-refractivity contribution in [3.05, 3.63) is 56.0 Å². The van der Waals surface area contributed by atoms with Crippen molar-refractivity contribution in [3.8, 4) is 11.5 Å². The molecule has 5 nitrogen and oxygen atoms in total. The van der Waals surface area contributed by atoms with Crippen LogP contribution >= 0.6 is 39.1 Å². The van der Waals surface area contributed by atoms with E-state index in [0.717, 1.165) is 48.1 Å². The van der Waals surface area contributed by atoms with Gasteiger partial charge in [-0.15, -0.1) is 0 Å². The molecule has 162 valence electrons. The lowest BCUT2D eigenvalue weighted by molar-refractivity contribution is -0.127. The van der Waals surface area contributed by atoms with Crippen molar-refractivity contribution in [2.75, 3.05) is 26.7 Å². The second-order valence-corrected chi connectivity index (χ2v) is 8.77. The summed E-state index contributed by atoms with van der Waals surface area (Å²) < 4.78 is 12.4. The number of hydrogen-bond donors (Lipinski definition) is 1. The number of nitrogens with one attached hydrogen (secondary N) is 1. The summed E-state index contributed by atoms with van der Waals surface area (Å²) in [5.41, 5.74) is 1.80. The first-order valence-corrected chi connectivity index (χ1v) is 11.4. The van der Waals surface area contributed by atoms with E-state index < -0.39 is 0 Å². The van der Waals surface area contributed by atoms with Gasteiger partial charge in [-0.2, -0.15) is 0 Å². The second-order valence-electron chi connectivity index (χ2n) is 7.10. The smallest absolute Gasteiger partial charge is 0.222 e. The third-order valence-electron chi connectivity index (χ3n) is 5.03. The topological polar surface area (TPSA) is 50.8 Å². The van der Waals surface area contributed by atoms with Crippen molar-refractivity contribution in [2.45, 2.75) is 32.4 Å². The summed E-state index contributed by atoms with van der Waals surface area (Å²) in [6, 6.07) is 9.21. The van der Waals surface area contributed by atoms with E-state index in [4.69, 9.17) is 32.7 Å². The molecule has 2 aromatic rings. The van der Waals surface area contributed by atoms with Crippen LogP contribution in [-0.4, -0.2) is 37.6 Å². The summed E-state index contributed by atoms with van der Waals surface area (Å²) in [6.07, 6.45) is 2.60. The Morgan fingerprint density at radius 1 is 1.20 bits per heavy atom. The summed E-state index contributed by atoms with van der Waals surface area (Å²) in [4.78, 5) is 13.6. The highest BCUT2D eigenvalue weighted by Crippen LogP contribution is 2.35. The standard InChI is InChI=1S/C22H25BrCl2N2O3/c1-29-20-11-15(13-26-8-4-10-27-9-3-7-22(27)28)17(23)12-21(20)30-14-16-18(24)5-2-6-19(16)25/h2,5-6,11-12,26H,3-4,7-10,13-14H2,1H3. The summed E-state index contributed by atoms with van der Waals surface area (Å²) in [6.45, 7) is 3.47. The van der Waals surface area contributed by atoms with Gasteiger partial charge in [-0.05, 0) is 49.2 Å². The zero-order valence-corrected chi connectivity index (χ0v) is 19.9. The van der Waals surface area contributed by atoms with Crippen LogP contribution in [-0.2, 0) is 17.9 Å². The van der Waals surface area contributed by atoms with Gasteiger partial charge in [-0.3, -0.25) is 4.79 Å². The minimum Gasteiger partial charge on any atom is -0.493 e. The minimum atomic E-state index is 0.244. The molecule has 0 radical (unpaired) electrons. The molecule has 1 saturated heterocycles. The van der Waals surface area contributed by atoms with Crippen molar-refractivity contribution in [3.63, 3.8) is 0 Å². The van der Waals surface area contributed by atoms with Crippen LogP contribution in [0.2, 0.25) is 10.0 Å². The Morgan fingerprint density at radius 2 is 1.97 bits per heavy atom. The van der Waals surface area contributed by atoms with Gasteiger partial charge >= 0.3 is 0 Å². The fraction of sp³-hybridized carbons (Fsp3) is 0.409. The molecule has 1 fully saturated rings. The molecule has 2 aromatic carbocycles. The molecule has 1 aliphatic rings. The molecule has 1 N–H and O–H groups in total. The van der Waals surface area contributed by atoms with Gasteiger partial charge in [-0.1, -0.05) is 45.2 Å². The molecular weight excluding hydrogens is 491 g/mol. The quantitative estimate of drug-likeness (QED) is 0.428. The van der Waals surface area contributed by atoms with Gasteiger partial charge in [0.1, 0.15) is 6.61 Å². The first kappa shape index (κ1) is 23.2. The second kappa shape index (κ2) is 11.2. The third kappa shape index (κ3) is 6.03. The predicted molar refractivity (Wildman–Crippen MR) is 124 cm³/mol. The molecule has 0 bridgehead atoms. The Bertz CT molecular complexity index is 875. The Balaban J connectivity index is 1.55. The number of methoxy groups -OCH3 is 1. The molecule has 0 aliphatic carbocycles.